The Morgan fingerprint density at radius 2 is 2.10 bits per heavy atom. The number of imidazole rings is 1. The minimum absolute atomic E-state index is 0.223. The normalized spacial score (nSPS) is 18.6. The molecule has 1 N–H and O–H groups in total. The second kappa shape index (κ2) is 5.50. The summed E-state index contributed by atoms with van der Waals surface area (Å²) in [6.45, 7) is 9.25. The van der Waals surface area contributed by atoms with Crippen LogP contribution in [0.2, 0.25) is 0 Å². The zero-order valence-corrected chi connectivity index (χ0v) is 12.1. The number of hydrogen-bond donors (Lipinski definition) is 1. The topological polar surface area (TPSA) is 33.1 Å². The van der Waals surface area contributed by atoms with Crippen LogP contribution in [-0.2, 0) is 6.54 Å². The maximum Gasteiger partial charge on any atom is 0.127 e. The Labute approximate surface area is 118 Å². The number of hydrogen-bond acceptors (Lipinski definition) is 3. The van der Waals surface area contributed by atoms with Crippen LogP contribution in [0.1, 0.15) is 25.7 Å². The molecule has 0 spiro atoms. The van der Waals surface area contributed by atoms with Crippen molar-refractivity contribution in [3.8, 4) is 0 Å². The summed E-state index contributed by atoms with van der Waals surface area (Å²) in [7, 11) is 0. The van der Waals surface area contributed by atoms with Crippen LogP contribution < -0.4 is 5.32 Å². The fourth-order valence-electron chi connectivity index (χ4n) is 3.01. The first-order chi connectivity index (χ1) is 9.70. The quantitative estimate of drug-likeness (QED) is 0.932. The highest BCUT2D eigenvalue weighted by molar-refractivity contribution is 5.76. The first kappa shape index (κ1) is 13.5. The Balaban J connectivity index is 2.01. The zero-order chi connectivity index (χ0) is 14.1. The largest absolute Gasteiger partial charge is 0.327 e. The predicted molar refractivity (Wildman–Crippen MR) is 78.2 cm³/mol. The Morgan fingerprint density at radius 3 is 2.80 bits per heavy atom. The van der Waals surface area contributed by atoms with E-state index in [0.29, 0.717) is 0 Å². The van der Waals surface area contributed by atoms with Gasteiger partial charge in [-0.2, -0.15) is 0 Å². The van der Waals surface area contributed by atoms with Crippen LogP contribution in [0.3, 0.4) is 0 Å². The molecule has 0 saturated carbocycles. The van der Waals surface area contributed by atoms with Gasteiger partial charge in [-0.25, -0.2) is 9.37 Å². The second-order valence-electron chi connectivity index (χ2n) is 5.31. The molecule has 1 aliphatic rings. The van der Waals surface area contributed by atoms with Crippen molar-refractivity contribution in [3.63, 3.8) is 0 Å². The van der Waals surface area contributed by atoms with Crippen LogP contribution >= 0.6 is 0 Å². The van der Waals surface area contributed by atoms with Crippen molar-refractivity contribution < 1.29 is 4.39 Å². The minimum atomic E-state index is -0.223. The Kier molecular flexibility index (Phi) is 3.72. The third kappa shape index (κ3) is 2.31. The summed E-state index contributed by atoms with van der Waals surface area (Å²) in [4.78, 5) is 7.11. The van der Waals surface area contributed by atoms with Crippen LogP contribution in [-0.4, -0.2) is 40.6 Å². The molecule has 1 saturated heterocycles. The fourth-order valence-corrected chi connectivity index (χ4v) is 3.01. The van der Waals surface area contributed by atoms with Gasteiger partial charge in [0.2, 0.25) is 0 Å². The van der Waals surface area contributed by atoms with Crippen LogP contribution in [0.4, 0.5) is 4.39 Å². The molecule has 2 aromatic rings. The number of halogens is 1. The van der Waals surface area contributed by atoms with Gasteiger partial charge in [-0.1, -0.05) is 0 Å². The zero-order valence-electron chi connectivity index (χ0n) is 12.1. The molecule has 3 rings (SSSR count). The lowest BCUT2D eigenvalue weighted by atomic mass is 10.2. The van der Waals surface area contributed by atoms with Gasteiger partial charge in [0.25, 0.3) is 0 Å². The van der Waals surface area contributed by atoms with Crippen molar-refractivity contribution in [2.45, 2.75) is 26.4 Å². The number of benzene rings is 1. The maximum atomic E-state index is 13.4. The highest BCUT2D eigenvalue weighted by atomic mass is 19.1. The number of rotatable bonds is 3. The lowest BCUT2D eigenvalue weighted by Crippen LogP contribution is -2.45. The molecule has 1 fully saturated rings. The Hall–Kier alpha value is -1.46. The number of nitrogens with zero attached hydrogens (tertiary/aromatic N) is 3. The van der Waals surface area contributed by atoms with E-state index in [-0.39, 0.29) is 11.9 Å². The molecular weight excluding hydrogens is 255 g/mol. The van der Waals surface area contributed by atoms with E-state index in [9.17, 15) is 4.39 Å². The summed E-state index contributed by atoms with van der Waals surface area (Å²) < 4.78 is 15.6. The predicted octanol–water partition coefficient (Wildman–Crippen LogP) is 2.16. The van der Waals surface area contributed by atoms with Crippen molar-refractivity contribution in [1.82, 2.24) is 19.8 Å². The molecule has 4 nitrogen and oxygen atoms in total. The molecular formula is C15H21FN4. The van der Waals surface area contributed by atoms with E-state index in [4.69, 9.17) is 0 Å². The number of fused-ring (bicyclic) bond motifs is 1. The fraction of sp³-hybridized carbons (Fsp3) is 0.533. The Bertz CT molecular complexity index is 601. The van der Waals surface area contributed by atoms with Crippen LogP contribution in [0.5, 0.6) is 0 Å². The van der Waals surface area contributed by atoms with Crippen LogP contribution in [0.25, 0.3) is 11.0 Å². The van der Waals surface area contributed by atoms with Gasteiger partial charge >= 0.3 is 0 Å². The van der Waals surface area contributed by atoms with Gasteiger partial charge in [0.1, 0.15) is 11.6 Å². The van der Waals surface area contributed by atoms with Crippen LogP contribution in [0, 0.1) is 5.82 Å². The number of piperazine rings is 1. The lowest BCUT2D eigenvalue weighted by molar-refractivity contribution is 0.176. The molecule has 0 aliphatic carbocycles. The van der Waals surface area contributed by atoms with E-state index in [0.717, 1.165) is 49.6 Å². The van der Waals surface area contributed by atoms with E-state index >= 15 is 0 Å². The SMILES string of the molecule is CCn1c(C(C)N2CCNCC2)nc2cc(F)ccc21. The average molecular weight is 276 g/mol. The average Bonchev–Trinajstić information content (AvgIpc) is 2.84. The molecule has 1 unspecified atom stereocenters. The van der Waals surface area contributed by atoms with Crippen molar-refractivity contribution in [2.75, 3.05) is 26.2 Å². The van der Waals surface area contributed by atoms with Gasteiger partial charge in [0, 0.05) is 38.8 Å². The van der Waals surface area contributed by atoms with E-state index in [1.54, 1.807) is 0 Å². The van der Waals surface area contributed by atoms with Crippen molar-refractivity contribution in [3.05, 3.63) is 29.8 Å². The number of nitrogens with one attached hydrogen (secondary N) is 1. The smallest absolute Gasteiger partial charge is 0.127 e. The summed E-state index contributed by atoms with van der Waals surface area (Å²) >= 11 is 0. The van der Waals surface area contributed by atoms with Gasteiger partial charge in [0.15, 0.2) is 0 Å². The summed E-state index contributed by atoms with van der Waals surface area (Å²) in [5.41, 5.74) is 1.77. The van der Waals surface area contributed by atoms with Gasteiger partial charge in [0.05, 0.1) is 17.1 Å². The molecule has 0 bridgehead atoms. The minimum Gasteiger partial charge on any atom is -0.327 e. The molecule has 0 amide bonds. The molecule has 0 radical (unpaired) electrons. The Morgan fingerprint density at radius 1 is 1.35 bits per heavy atom. The monoisotopic (exact) mass is 276 g/mol. The number of aryl methyl sites for hydroxylation is 1. The van der Waals surface area contributed by atoms with Crippen molar-refractivity contribution in [1.29, 1.82) is 0 Å². The van der Waals surface area contributed by atoms with Crippen molar-refractivity contribution in [2.24, 2.45) is 0 Å². The summed E-state index contributed by atoms with van der Waals surface area (Å²) in [6.07, 6.45) is 0. The summed E-state index contributed by atoms with van der Waals surface area (Å²) in [6, 6.07) is 5.12. The molecule has 2 heterocycles. The molecule has 1 aromatic heterocycles. The third-order valence-corrected chi connectivity index (χ3v) is 4.13. The molecule has 1 aliphatic heterocycles. The summed E-state index contributed by atoms with van der Waals surface area (Å²) in [5.74, 6) is 0.814. The maximum absolute atomic E-state index is 13.4. The first-order valence-corrected chi connectivity index (χ1v) is 7.31. The van der Waals surface area contributed by atoms with E-state index in [1.807, 2.05) is 6.07 Å². The third-order valence-electron chi connectivity index (χ3n) is 4.13. The van der Waals surface area contributed by atoms with Gasteiger partial charge in [-0.3, -0.25) is 4.90 Å². The standard InChI is InChI=1S/C15H21FN4/c1-3-20-14-5-4-12(16)10-13(14)18-15(20)11(2)19-8-6-17-7-9-19/h4-5,10-11,17H,3,6-9H2,1-2H3. The van der Waals surface area contributed by atoms with Gasteiger partial charge in [-0.05, 0) is 26.0 Å². The second-order valence-corrected chi connectivity index (χ2v) is 5.31. The van der Waals surface area contributed by atoms with Gasteiger partial charge in [-0.15, -0.1) is 0 Å². The van der Waals surface area contributed by atoms with E-state index in [2.05, 4.69) is 33.6 Å². The molecule has 5 heteroatoms. The summed E-state index contributed by atoms with van der Waals surface area (Å²) in [5, 5.41) is 3.37. The lowest BCUT2D eigenvalue weighted by Gasteiger charge is -2.32. The molecule has 20 heavy (non-hydrogen) atoms. The van der Waals surface area contributed by atoms with Crippen molar-refractivity contribution >= 4 is 11.0 Å². The van der Waals surface area contributed by atoms with Crippen LogP contribution in [0.15, 0.2) is 18.2 Å². The first-order valence-electron chi connectivity index (χ1n) is 7.31. The highest BCUT2D eigenvalue weighted by Crippen LogP contribution is 2.25. The van der Waals surface area contributed by atoms with E-state index < -0.39 is 0 Å². The number of aromatic nitrogens is 2. The molecule has 1 aromatic carbocycles. The van der Waals surface area contributed by atoms with E-state index in [1.165, 1.54) is 12.1 Å². The highest BCUT2D eigenvalue weighted by Gasteiger charge is 2.23. The van der Waals surface area contributed by atoms with Gasteiger partial charge < -0.3 is 9.88 Å². The molecule has 108 valence electrons. The molecule has 1 atom stereocenters.